The number of thioether (sulfide) groups is 1. The average molecular weight is 406 g/mol. The Morgan fingerprint density at radius 1 is 1.29 bits per heavy atom. The summed E-state index contributed by atoms with van der Waals surface area (Å²) in [5.74, 6) is 4.05. The number of amides is 2. The Kier molecular flexibility index (Phi) is 5.47. The van der Waals surface area contributed by atoms with Crippen LogP contribution in [0.1, 0.15) is 51.2 Å². The van der Waals surface area contributed by atoms with Crippen molar-refractivity contribution < 1.29 is 14.1 Å². The van der Waals surface area contributed by atoms with Gasteiger partial charge in [-0.3, -0.25) is 9.59 Å². The number of carbonyl (C=O) groups excluding carboxylic acids is 2. The van der Waals surface area contributed by atoms with Crippen LogP contribution in [0.25, 0.3) is 0 Å². The summed E-state index contributed by atoms with van der Waals surface area (Å²) in [7, 11) is 1.93. The van der Waals surface area contributed by atoms with E-state index < -0.39 is 0 Å². The molecule has 1 aromatic heterocycles. The molecule has 4 saturated carbocycles. The molecule has 28 heavy (non-hydrogen) atoms. The van der Waals surface area contributed by atoms with E-state index in [1.807, 2.05) is 18.9 Å². The van der Waals surface area contributed by atoms with Crippen molar-refractivity contribution in [3.63, 3.8) is 0 Å². The van der Waals surface area contributed by atoms with Gasteiger partial charge in [-0.1, -0.05) is 5.16 Å². The number of nitrogens with one attached hydrogen (secondary N) is 1. The zero-order valence-corrected chi connectivity index (χ0v) is 17.9. The molecule has 1 unspecified atom stereocenters. The van der Waals surface area contributed by atoms with E-state index in [2.05, 4.69) is 10.5 Å². The number of aryl methyl sites for hydroxylation is 1. The first-order valence-electron chi connectivity index (χ1n) is 10.4. The molecule has 4 aliphatic carbocycles. The molecule has 1 atom stereocenters. The predicted octanol–water partition coefficient (Wildman–Crippen LogP) is 3.72. The monoisotopic (exact) mass is 405 g/mol. The van der Waals surface area contributed by atoms with Gasteiger partial charge in [0.15, 0.2) is 5.82 Å². The van der Waals surface area contributed by atoms with Gasteiger partial charge in [-0.05, 0) is 75.5 Å². The minimum Gasteiger partial charge on any atom is -0.360 e. The number of aromatic nitrogens is 1. The molecule has 1 aromatic rings. The Bertz CT molecular complexity index is 712. The minimum atomic E-state index is -0.325. The highest BCUT2D eigenvalue weighted by Crippen LogP contribution is 2.60. The van der Waals surface area contributed by atoms with Crippen LogP contribution >= 0.6 is 11.8 Å². The Labute approximate surface area is 171 Å². The topological polar surface area (TPSA) is 75.4 Å². The Balaban J connectivity index is 1.25. The van der Waals surface area contributed by atoms with Gasteiger partial charge in [-0.2, -0.15) is 0 Å². The molecule has 0 aromatic carbocycles. The number of hydrogen-bond acceptors (Lipinski definition) is 5. The van der Waals surface area contributed by atoms with E-state index in [-0.39, 0.29) is 17.1 Å². The number of carbonyl (C=O) groups is 2. The third kappa shape index (κ3) is 4.24. The lowest BCUT2D eigenvalue weighted by molar-refractivity contribution is -0.132. The molecule has 0 aliphatic heterocycles. The molecule has 0 radical (unpaired) electrons. The maximum Gasteiger partial charge on any atom is 0.238 e. The average Bonchev–Trinajstić information content (AvgIpc) is 3.02. The van der Waals surface area contributed by atoms with Crippen molar-refractivity contribution in [1.82, 2.24) is 10.1 Å². The van der Waals surface area contributed by atoms with Gasteiger partial charge in [0.25, 0.3) is 0 Å². The van der Waals surface area contributed by atoms with E-state index in [9.17, 15) is 9.59 Å². The molecule has 1 N–H and O–H groups in total. The van der Waals surface area contributed by atoms with Crippen LogP contribution < -0.4 is 5.32 Å². The second-order valence-electron chi connectivity index (χ2n) is 9.43. The van der Waals surface area contributed by atoms with Crippen LogP contribution in [0.4, 0.5) is 5.82 Å². The standard InChI is InChI=1S/C21H31N3O3S/c1-13-4-18(23-27-13)22-20(26)14(2)28-11-19(25)24(3)12-21-8-15-5-16(9-21)7-17(6-15)10-21/h4,14-17H,5-12H2,1-3H3,(H,22,23,26). The molecular weight excluding hydrogens is 374 g/mol. The predicted molar refractivity (Wildman–Crippen MR) is 110 cm³/mol. The number of rotatable bonds is 7. The first-order valence-corrected chi connectivity index (χ1v) is 11.5. The molecule has 4 aliphatic rings. The van der Waals surface area contributed by atoms with Crippen LogP contribution in [0.5, 0.6) is 0 Å². The van der Waals surface area contributed by atoms with Crippen LogP contribution in [-0.4, -0.2) is 46.5 Å². The third-order valence-corrected chi connectivity index (χ3v) is 8.00. The highest BCUT2D eigenvalue weighted by Gasteiger charge is 2.51. The van der Waals surface area contributed by atoms with Crippen molar-refractivity contribution in [3.8, 4) is 0 Å². The summed E-state index contributed by atoms with van der Waals surface area (Å²) in [5, 5.41) is 6.18. The number of anilines is 1. The van der Waals surface area contributed by atoms with E-state index in [1.165, 1.54) is 50.3 Å². The molecule has 7 heteroatoms. The normalized spacial score (nSPS) is 31.6. The number of nitrogens with zero attached hydrogens (tertiary/aromatic N) is 2. The van der Waals surface area contributed by atoms with Crippen LogP contribution in [0.15, 0.2) is 10.6 Å². The fraction of sp³-hybridized carbons (Fsp3) is 0.762. The van der Waals surface area contributed by atoms with Crippen molar-refractivity contribution in [3.05, 3.63) is 11.8 Å². The lowest BCUT2D eigenvalue weighted by Gasteiger charge is -2.57. The van der Waals surface area contributed by atoms with Crippen LogP contribution in [-0.2, 0) is 9.59 Å². The molecule has 154 valence electrons. The van der Waals surface area contributed by atoms with Crippen molar-refractivity contribution in [2.45, 2.75) is 57.6 Å². The molecule has 4 bridgehead atoms. The quantitative estimate of drug-likeness (QED) is 0.748. The summed E-state index contributed by atoms with van der Waals surface area (Å²) < 4.78 is 4.96. The molecule has 5 rings (SSSR count). The molecule has 6 nitrogen and oxygen atoms in total. The Morgan fingerprint density at radius 2 is 1.89 bits per heavy atom. The van der Waals surface area contributed by atoms with Gasteiger partial charge in [0.2, 0.25) is 11.8 Å². The van der Waals surface area contributed by atoms with Gasteiger partial charge >= 0.3 is 0 Å². The van der Waals surface area contributed by atoms with E-state index in [0.717, 1.165) is 24.3 Å². The lowest BCUT2D eigenvalue weighted by atomic mass is 9.49. The molecule has 1 heterocycles. The van der Waals surface area contributed by atoms with Crippen molar-refractivity contribution in [2.75, 3.05) is 24.7 Å². The SMILES string of the molecule is Cc1cc(NC(=O)C(C)SCC(=O)N(C)CC23CC4CC(CC(C4)C2)C3)no1. The first-order chi connectivity index (χ1) is 13.3. The van der Waals surface area contributed by atoms with Crippen LogP contribution in [0, 0.1) is 30.1 Å². The third-order valence-electron chi connectivity index (χ3n) is 6.87. The zero-order chi connectivity index (χ0) is 19.9. The van der Waals surface area contributed by atoms with Crippen molar-refractivity contribution in [2.24, 2.45) is 23.2 Å². The summed E-state index contributed by atoms with van der Waals surface area (Å²) in [5.41, 5.74) is 0.359. The highest BCUT2D eigenvalue weighted by molar-refractivity contribution is 8.01. The van der Waals surface area contributed by atoms with Gasteiger partial charge in [-0.25, -0.2) is 0 Å². The second kappa shape index (κ2) is 7.73. The largest absolute Gasteiger partial charge is 0.360 e. The van der Waals surface area contributed by atoms with Gasteiger partial charge in [0.05, 0.1) is 11.0 Å². The highest BCUT2D eigenvalue weighted by atomic mass is 32.2. The smallest absolute Gasteiger partial charge is 0.238 e. The summed E-state index contributed by atoms with van der Waals surface area (Å²) in [6.45, 7) is 4.48. The first kappa shape index (κ1) is 19.8. The van der Waals surface area contributed by atoms with Gasteiger partial charge < -0.3 is 14.7 Å². The molecule has 0 spiro atoms. The minimum absolute atomic E-state index is 0.123. The molecule has 0 saturated heterocycles. The fourth-order valence-electron chi connectivity index (χ4n) is 6.11. The second-order valence-corrected chi connectivity index (χ2v) is 10.8. The molecule has 2 amide bonds. The van der Waals surface area contributed by atoms with Gasteiger partial charge in [0, 0.05) is 19.7 Å². The van der Waals surface area contributed by atoms with Crippen LogP contribution in [0.3, 0.4) is 0 Å². The Morgan fingerprint density at radius 3 is 2.43 bits per heavy atom. The molecule has 4 fully saturated rings. The van der Waals surface area contributed by atoms with Crippen molar-refractivity contribution in [1.29, 1.82) is 0 Å². The van der Waals surface area contributed by atoms with Crippen LogP contribution in [0.2, 0.25) is 0 Å². The van der Waals surface area contributed by atoms with E-state index in [0.29, 0.717) is 22.7 Å². The lowest BCUT2D eigenvalue weighted by Crippen LogP contribution is -2.51. The van der Waals surface area contributed by atoms with Crippen molar-refractivity contribution >= 4 is 29.4 Å². The maximum atomic E-state index is 12.7. The van der Waals surface area contributed by atoms with E-state index in [4.69, 9.17) is 4.52 Å². The van der Waals surface area contributed by atoms with Gasteiger partial charge in [0.1, 0.15) is 5.76 Å². The van der Waals surface area contributed by atoms with E-state index >= 15 is 0 Å². The summed E-state index contributed by atoms with van der Waals surface area (Å²) in [6.07, 6.45) is 8.18. The summed E-state index contributed by atoms with van der Waals surface area (Å²) in [4.78, 5) is 26.9. The fourth-order valence-corrected chi connectivity index (χ4v) is 6.93. The summed E-state index contributed by atoms with van der Waals surface area (Å²) >= 11 is 1.38. The molecular formula is C21H31N3O3S. The maximum absolute atomic E-state index is 12.7. The van der Waals surface area contributed by atoms with Gasteiger partial charge in [-0.15, -0.1) is 11.8 Å². The van der Waals surface area contributed by atoms with E-state index in [1.54, 1.807) is 13.0 Å². The number of hydrogen-bond donors (Lipinski definition) is 1. The zero-order valence-electron chi connectivity index (χ0n) is 17.1. The Hall–Kier alpha value is -1.50. The summed E-state index contributed by atoms with van der Waals surface area (Å²) in [6, 6.07) is 1.68.